The lowest BCUT2D eigenvalue weighted by atomic mass is 10.3. The molecular formula is C15H21N3O3. The third kappa shape index (κ3) is 2.69. The van der Waals surface area contributed by atoms with Gasteiger partial charge in [-0.1, -0.05) is 0 Å². The molecule has 0 radical (unpaired) electrons. The second-order valence-electron chi connectivity index (χ2n) is 5.02. The van der Waals surface area contributed by atoms with Crippen LogP contribution in [0.1, 0.15) is 0 Å². The summed E-state index contributed by atoms with van der Waals surface area (Å²) in [5.41, 5.74) is 1.89. The number of aromatic nitrogens is 2. The third-order valence-corrected chi connectivity index (χ3v) is 3.87. The van der Waals surface area contributed by atoms with Gasteiger partial charge in [-0.15, -0.1) is 0 Å². The zero-order valence-electron chi connectivity index (χ0n) is 12.5. The molecule has 3 heterocycles. The Labute approximate surface area is 124 Å². The van der Waals surface area contributed by atoms with Crippen molar-refractivity contribution in [2.75, 3.05) is 47.1 Å². The molecule has 0 aliphatic carbocycles. The van der Waals surface area contributed by atoms with Crippen LogP contribution >= 0.6 is 0 Å². The summed E-state index contributed by atoms with van der Waals surface area (Å²) in [5.74, 6) is 1.44. The minimum atomic E-state index is 0.704. The lowest BCUT2D eigenvalue weighted by Gasteiger charge is -2.26. The quantitative estimate of drug-likeness (QED) is 0.833. The Bertz CT molecular complexity index is 605. The summed E-state index contributed by atoms with van der Waals surface area (Å²) < 4.78 is 18.5. The van der Waals surface area contributed by atoms with Crippen LogP contribution in [0.2, 0.25) is 0 Å². The molecule has 1 saturated heterocycles. The third-order valence-electron chi connectivity index (χ3n) is 3.87. The molecule has 6 nitrogen and oxygen atoms in total. The van der Waals surface area contributed by atoms with Crippen LogP contribution in [-0.2, 0) is 11.3 Å². The van der Waals surface area contributed by atoms with Crippen LogP contribution in [0, 0.1) is 0 Å². The second kappa shape index (κ2) is 6.32. The molecule has 0 unspecified atom stereocenters. The molecular weight excluding hydrogens is 270 g/mol. The van der Waals surface area contributed by atoms with Crippen LogP contribution in [0.15, 0.2) is 18.3 Å². The van der Waals surface area contributed by atoms with Crippen molar-refractivity contribution >= 4 is 11.0 Å². The standard InChI is InChI=1S/C15H21N3O3/c1-19-14-13-12(4-3-5-16-13)18(15(14)20-2)7-6-17-8-10-21-11-9-17/h3-5H,6-11H2,1-2H3. The first-order valence-corrected chi connectivity index (χ1v) is 7.20. The topological polar surface area (TPSA) is 48.8 Å². The summed E-state index contributed by atoms with van der Waals surface area (Å²) in [6.07, 6.45) is 1.77. The number of methoxy groups -OCH3 is 2. The number of hydrogen-bond donors (Lipinski definition) is 0. The van der Waals surface area contributed by atoms with E-state index in [-0.39, 0.29) is 0 Å². The van der Waals surface area contributed by atoms with Crippen molar-refractivity contribution in [2.24, 2.45) is 0 Å². The highest BCUT2D eigenvalue weighted by Crippen LogP contribution is 2.37. The van der Waals surface area contributed by atoms with Gasteiger partial charge < -0.3 is 18.8 Å². The van der Waals surface area contributed by atoms with E-state index in [2.05, 4.69) is 14.5 Å². The Hall–Kier alpha value is -1.79. The number of nitrogens with zero attached hydrogens (tertiary/aromatic N) is 3. The predicted molar refractivity (Wildman–Crippen MR) is 80.1 cm³/mol. The molecule has 0 aromatic carbocycles. The van der Waals surface area contributed by atoms with E-state index in [1.165, 1.54) is 0 Å². The van der Waals surface area contributed by atoms with Crippen LogP contribution < -0.4 is 9.47 Å². The summed E-state index contributed by atoms with van der Waals surface area (Å²) in [7, 11) is 3.32. The van der Waals surface area contributed by atoms with Crippen LogP contribution in [-0.4, -0.2) is 61.5 Å². The highest BCUT2D eigenvalue weighted by atomic mass is 16.5. The van der Waals surface area contributed by atoms with Crippen molar-refractivity contribution in [3.05, 3.63) is 18.3 Å². The molecule has 114 valence electrons. The Morgan fingerprint density at radius 3 is 2.71 bits per heavy atom. The van der Waals surface area contributed by atoms with E-state index in [1.807, 2.05) is 12.1 Å². The molecule has 21 heavy (non-hydrogen) atoms. The van der Waals surface area contributed by atoms with E-state index >= 15 is 0 Å². The first-order valence-electron chi connectivity index (χ1n) is 7.20. The van der Waals surface area contributed by atoms with E-state index in [9.17, 15) is 0 Å². The van der Waals surface area contributed by atoms with Gasteiger partial charge in [-0.25, -0.2) is 0 Å². The molecule has 1 aliphatic heterocycles. The zero-order valence-corrected chi connectivity index (χ0v) is 12.5. The fraction of sp³-hybridized carbons (Fsp3) is 0.533. The number of fused-ring (bicyclic) bond motifs is 1. The SMILES string of the molecule is COc1c(OC)n(CCN2CCOCC2)c2cccnc12. The van der Waals surface area contributed by atoms with E-state index in [0.717, 1.165) is 56.3 Å². The maximum atomic E-state index is 5.55. The minimum Gasteiger partial charge on any atom is -0.490 e. The monoisotopic (exact) mass is 291 g/mol. The number of rotatable bonds is 5. The highest BCUT2D eigenvalue weighted by Gasteiger charge is 2.20. The first kappa shape index (κ1) is 14.2. The van der Waals surface area contributed by atoms with Gasteiger partial charge in [0.25, 0.3) is 0 Å². The Balaban J connectivity index is 1.89. The van der Waals surface area contributed by atoms with E-state index in [4.69, 9.17) is 14.2 Å². The molecule has 0 amide bonds. The summed E-state index contributed by atoms with van der Waals surface area (Å²) in [4.78, 5) is 6.82. The maximum Gasteiger partial charge on any atom is 0.239 e. The van der Waals surface area contributed by atoms with Crippen molar-refractivity contribution in [1.29, 1.82) is 0 Å². The molecule has 2 aromatic heterocycles. The van der Waals surface area contributed by atoms with Gasteiger partial charge in [-0.2, -0.15) is 0 Å². The number of hydrogen-bond acceptors (Lipinski definition) is 5. The van der Waals surface area contributed by atoms with Crippen LogP contribution in [0.5, 0.6) is 11.6 Å². The normalized spacial score (nSPS) is 16.3. The fourth-order valence-corrected chi connectivity index (χ4v) is 2.80. The van der Waals surface area contributed by atoms with E-state index < -0.39 is 0 Å². The summed E-state index contributed by atoms with van der Waals surface area (Å²) in [6.45, 7) is 5.40. The minimum absolute atomic E-state index is 0.704. The van der Waals surface area contributed by atoms with Crippen molar-refractivity contribution < 1.29 is 14.2 Å². The predicted octanol–water partition coefficient (Wildman–Crippen LogP) is 1.39. The molecule has 0 saturated carbocycles. The largest absolute Gasteiger partial charge is 0.490 e. The Morgan fingerprint density at radius 2 is 2.00 bits per heavy atom. The molecule has 0 N–H and O–H groups in total. The Morgan fingerprint density at radius 1 is 1.19 bits per heavy atom. The molecule has 3 rings (SSSR count). The van der Waals surface area contributed by atoms with Crippen molar-refractivity contribution in [2.45, 2.75) is 6.54 Å². The molecule has 0 spiro atoms. The van der Waals surface area contributed by atoms with Crippen LogP contribution in [0.3, 0.4) is 0 Å². The molecule has 2 aromatic rings. The highest BCUT2D eigenvalue weighted by molar-refractivity contribution is 5.86. The summed E-state index contributed by atoms with van der Waals surface area (Å²) in [6, 6.07) is 3.99. The number of morpholine rings is 1. The zero-order chi connectivity index (χ0) is 14.7. The Kier molecular flexibility index (Phi) is 4.26. The summed E-state index contributed by atoms with van der Waals surface area (Å²) in [5, 5.41) is 0. The summed E-state index contributed by atoms with van der Waals surface area (Å²) >= 11 is 0. The molecule has 0 atom stereocenters. The van der Waals surface area contributed by atoms with Gasteiger partial charge in [-0.3, -0.25) is 9.88 Å². The van der Waals surface area contributed by atoms with Gasteiger partial charge in [-0.05, 0) is 12.1 Å². The molecule has 1 fully saturated rings. The van der Waals surface area contributed by atoms with E-state index in [0.29, 0.717) is 5.75 Å². The number of ether oxygens (including phenoxy) is 3. The van der Waals surface area contributed by atoms with Crippen molar-refractivity contribution in [3.63, 3.8) is 0 Å². The molecule has 0 bridgehead atoms. The number of pyridine rings is 1. The molecule has 1 aliphatic rings. The smallest absolute Gasteiger partial charge is 0.239 e. The van der Waals surface area contributed by atoms with Crippen molar-refractivity contribution in [3.8, 4) is 11.6 Å². The van der Waals surface area contributed by atoms with Gasteiger partial charge in [0.05, 0.1) is 33.0 Å². The van der Waals surface area contributed by atoms with Crippen LogP contribution in [0.4, 0.5) is 0 Å². The maximum absolute atomic E-state index is 5.55. The van der Waals surface area contributed by atoms with Gasteiger partial charge in [0.2, 0.25) is 11.6 Å². The van der Waals surface area contributed by atoms with E-state index in [1.54, 1.807) is 20.4 Å². The average Bonchev–Trinajstić information content (AvgIpc) is 2.86. The van der Waals surface area contributed by atoms with Gasteiger partial charge >= 0.3 is 0 Å². The average molecular weight is 291 g/mol. The van der Waals surface area contributed by atoms with Gasteiger partial charge in [0.15, 0.2) is 0 Å². The first-order chi connectivity index (χ1) is 10.3. The fourth-order valence-electron chi connectivity index (χ4n) is 2.80. The second-order valence-corrected chi connectivity index (χ2v) is 5.02. The lowest BCUT2D eigenvalue weighted by Crippen LogP contribution is -2.38. The van der Waals surface area contributed by atoms with Gasteiger partial charge in [0, 0.05) is 32.4 Å². The lowest BCUT2D eigenvalue weighted by molar-refractivity contribution is 0.0363. The van der Waals surface area contributed by atoms with Gasteiger partial charge in [0.1, 0.15) is 5.52 Å². The van der Waals surface area contributed by atoms with Crippen molar-refractivity contribution in [1.82, 2.24) is 14.5 Å². The molecule has 6 heteroatoms. The van der Waals surface area contributed by atoms with Crippen LogP contribution in [0.25, 0.3) is 11.0 Å².